The number of nitrogens with one attached hydrogen (secondary N) is 1. The molecule has 3 rings (SSSR count). The third kappa shape index (κ3) is 3.35. The van der Waals surface area contributed by atoms with E-state index in [2.05, 4.69) is 10.4 Å². The average Bonchev–Trinajstić information content (AvgIpc) is 2.65. The third-order valence-electron chi connectivity index (χ3n) is 3.37. The number of hydrogen-bond acceptors (Lipinski definition) is 3. The van der Waals surface area contributed by atoms with Gasteiger partial charge in [-0.05, 0) is 13.0 Å². The minimum atomic E-state index is -0.518. The average molecular weight is 323 g/mol. The van der Waals surface area contributed by atoms with Gasteiger partial charge in [-0.2, -0.15) is 5.10 Å². The van der Waals surface area contributed by atoms with Gasteiger partial charge in [-0.3, -0.25) is 4.79 Å². The van der Waals surface area contributed by atoms with Crippen molar-refractivity contribution in [2.24, 2.45) is 0 Å². The Bertz CT molecular complexity index is 886. The molecule has 0 aliphatic heterocycles. The number of fused-ring (bicyclic) bond motifs is 1. The zero-order valence-corrected chi connectivity index (χ0v) is 14.1. The number of carbonyl (C=O) groups is 1. The Morgan fingerprint density at radius 1 is 1.00 bits per heavy atom. The molecular formula is C19H21N3O2. The first kappa shape index (κ1) is 17.4. The van der Waals surface area contributed by atoms with E-state index in [0.717, 1.165) is 15.6 Å². The summed E-state index contributed by atoms with van der Waals surface area (Å²) in [6.45, 7) is 6.22. The third-order valence-corrected chi connectivity index (χ3v) is 3.37. The van der Waals surface area contributed by atoms with Crippen LogP contribution in [-0.2, 0) is 0 Å². The molecule has 1 N–H and O–H groups in total. The van der Waals surface area contributed by atoms with Gasteiger partial charge in [0.1, 0.15) is 0 Å². The van der Waals surface area contributed by atoms with Crippen molar-refractivity contribution in [1.29, 1.82) is 0 Å². The summed E-state index contributed by atoms with van der Waals surface area (Å²) >= 11 is 0. The van der Waals surface area contributed by atoms with Crippen molar-refractivity contribution in [2.45, 2.75) is 20.8 Å². The second-order valence-corrected chi connectivity index (χ2v) is 4.81. The smallest absolute Gasteiger partial charge is 0.336 e. The van der Waals surface area contributed by atoms with Crippen molar-refractivity contribution in [3.63, 3.8) is 0 Å². The van der Waals surface area contributed by atoms with Crippen LogP contribution in [0.2, 0.25) is 0 Å². The summed E-state index contributed by atoms with van der Waals surface area (Å²) in [5, 5.41) is 8.10. The van der Waals surface area contributed by atoms with E-state index in [1.165, 1.54) is 0 Å². The predicted octanol–water partition coefficient (Wildman–Crippen LogP) is 3.67. The van der Waals surface area contributed by atoms with Crippen molar-refractivity contribution in [1.82, 2.24) is 15.1 Å². The fourth-order valence-electron chi connectivity index (χ4n) is 2.36. The van der Waals surface area contributed by atoms with Crippen LogP contribution in [0, 0.1) is 0 Å². The van der Waals surface area contributed by atoms with Gasteiger partial charge in [0.15, 0.2) is 0 Å². The fraction of sp³-hybridized carbons (Fsp3) is 0.211. The molecule has 0 aliphatic rings. The molecule has 0 atom stereocenters. The molecule has 0 fully saturated rings. The van der Waals surface area contributed by atoms with Gasteiger partial charge in [-0.25, -0.2) is 4.79 Å². The predicted molar refractivity (Wildman–Crippen MR) is 97.3 cm³/mol. The topological polar surface area (TPSA) is 64.0 Å². The lowest BCUT2D eigenvalue weighted by atomic mass is 10.1. The quantitative estimate of drug-likeness (QED) is 0.782. The summed E-state index contributed by atoms with van der Waals surface area (Å²) in [5.74, 6) is 0. The Morgan fingerprint density at radius 3 is 2.21 bits per heavy atom. The minimum absolute atomic E-state index is 0.416. The van der Waals surface area contributed by atoms with Crippen LogP contribution in [0.1, 0.15) is 20.8 Å². The summed E-state index contributed by atoms with van der Waals surface area (Å²) in [7, 11) is 0. The molecule has 0 saturated heterocycles. The second-order valence-electron chi connectivity index (χ2n) is 4.81. The van der Waals surface area contributed by atoms with Gasteiger partial charge in [0.2, 0.25) is 0 Å². The van der Waals surface area contributed by atoms with Crippen LogP contribution in [0.15, 0.2) is 59.4 Å². The SMILES string of the molecule is CC.CCNC(=O)n1nc(-c2ccccc2)c2ccccc2c1=O. The van der Waals surface area contributed by atoms with Gasteiger partial charge >= 0.3 is 6.03 Å². The maximum absolute atomic E-state index is 12.5. The molecule has 2 aromatic carbocycles. The normalized spacial score (nSPS) is 9.96. The number of hydrogen-bond donors (Lipinski definition) is 1. The molecule has 0 radical (unpaired) electrons. The molecule has 0 saturated carbocycles. The highest BCUT2D eigenvalue weighted by molar-refractivity contribution is 5.95. The first-order chi connectivity index (χ1) is 11.7. The van der Waals surface area contributed by atoms with Crippen molar-refractivity contribution < 1.29 is 4.79 Å². The monoisotopic (exact) mass is 323 g/mol. The van der Waals surface area contributed by atoms with Crippen molar-refractivity contribution >= 4 is 16.8 Å². The molecular weight excluding hydrogens is 302 g/mol. The lowest BCUT2D eigenvalue weighted by Gasteiger charge is -2.10. The van der Waals surface area contributed by atoms with Crippen LogP contribution in [0.5, 0.6) is 0 Å². The van der Waals surface area contributed by atoms with E-state index < -0.39 is 11.6 Å². The van der Waals surface area contributed by atoms with Crippen molar-refractivity contribution in [3.05, 3.63) is 65.0 Å². The number of amides is 1. The van der Waals surface area contributed by atoms with E-state index in [1.54, 1.807) is 19.1 Å². The maximum Gasteiger partial charge on any atom is 0.345 e. The van der Waals surface area contributed by atoms with E-state index in [9.17, 15) is 9.59 Å². The second kappa shape index (κ2) is 8.06. The number of rotatable bonds is 2. The summed E-state index contributed by atoms with van der Waals surface area (Å²) in [6.07, 6.45) is 0. The summed E-state index contributed by atoms with van der Waals surface area (Å²) < 4.78 is 0.897. The Labute approximate surface area is 140 Å². The van der Waals surface area contributed by atoms with Crippen LogP contribution >= 0.6 is 0 Å². The van der Waals surface area contributed by atoms with E-state index in [0.29, 0.717) is 17.6 Å². The van der Waals surface area contributed by atoms with Crippen LogP contribution in [-0.4, -0.2) is 22.4 Å². The molecule has 124 valence electrons. The molecule has 0 aliphatic carbocycles. The maximum atomic E-state index is 12.5. The van der Waals surface area contributed by atoms with Crippen LogP contribution in [0.25, 0.3) is 22.0 Å². The van der Waals surface area contributed by atoms with Crippen molar-refractivity contribution in [3.8, 4) is 11.3 Å². The molecule has 1 aromatic heterocycles. The molecule has 24 heavy (non-hydrogen) atoms. The van der Waals surface area contributed by atoms with Gasteiger partial charge in [0.25, 0.3) is 5.56 Å². The number of nitrogens with zero attached hydrogens (tertiary/aromatic N) is 2. The molecule has 1 heterocycles. The van der Waals surface area contributed by atoms with Gasteiger partial charge in [0, 0.05) is 17.5 Å². The standard InChI is InChI=1S/C17H15N3O2.C2H6/c1-2-18-17(22)20-16(21)14-11-7-6-10-13(14)15(19-20)12-8-4-3-5-9-12;1-2/h3-11H,2H2,1H3,(H,18,22);1-2H3. The molecule has 5 heteroatoms. The lowest BCUT2D eigenvalue weighted by molar-refractivity contribution is 0.239. The number of carbonyl (C=O) groups excluding carboxylic acids is 1. The van der Waals surface area contributed by atoms with E-state index in [4.69, 9.17) is 0 Å². The molecule has 3 aromatic rings. The lowest BCUT2D eigenvalue weighted by Crippen LogP contribution is -2.38. The minimum Gasteiger partial charge on any atom is -0.336 e. The number of aromatic nitrogens is 2. The molecule has 1 amide bonds. The largest absolute Gasteiger partial charge is 0.345 e. The van der Waals surface area contributed by atoms with Gasteiger partial charge in [-0.15, -0.1) is 4.68 Å². The van der Waals surface area contributed by atoms with Crippen molar-refractivity contribution in [2.75, 3.05) is 6.54 Å². The van der Waals surface area contributed by atoms with E-state index >= 15 is 0 Å². The first-order valence-electron chi connectivity index (χ1n) is 8.08. The van der Waals surface area contributed by atoms with Crippen LogP contribution in [0.4, 0.5) is 4.79 Å². The highest BCUT2D eigenvalue weighted by Crippen LogP contribution is 2.24. The van der Waals surface area contributed by atoms with Crippen LogP contribution < -0.4 is 10.9 Å². The molecule has 0 bridgehead atoms. The Balaban J connectivity index is 0.00000100. The zero-order valence-electron chi connectivity index (χ0n) is 14.1. The summed E-state index contributed by atoms with van der Waals surface area (Å²) in [5.41, 5.74) is 1.06. The highest BCUT2D eigenvalue weighted by atomic mass is 16.2. The van der Waals surface area contributed by atoms with Gasteiger partial charge < -0.3 is 5.32 Å². The Kier molecular flexibility index (Phi) is 5.84. The van der Waals surface area contributed by atoms with E-state index in [-0.39, 0.29) is 0 Å². The zero-order chi connectivity index (χ0) is 17.5. The van der Waals surface area contributed by atoms with Crippen LogP contribution in [0.3, 0.4) is 0 Å². The highest BCUT2D eigenvalue weighted by Gasteiger charge is 2.15. The molecule has 0 unspecified atom stereocenters. The Morgan fingerprint density at radius 2 is 1.58 bits per heavy atom. The van der Waals surface area contributed by atoms with E-state index in [1.807, 2.05) is 56.3 Å². The Hall–Kier alpha value is -2.95. The molecule has 5 nitrogen and oxygen atoms in total. The molecule has 0 spiro atoms. The fourth-order valence-corrected chi connectivity index (χ4v) is 2.36. The van der Waals surface area contributed by atoms with Gasteiger partial charge in [0.05, 0.1) is 11.1 Å². The first-order valence-corrected chi connectivity index (χ1v) is 8.08. The van der Waals surface area contributed by atoms with Gasteiger partial charge in [-0.1, -0.05) is 62.4 Å². The summed E-state index contributed by atoms with van der Waals surface area (Å²) in [6, 6.07) is 16.2. The number of benzene rings is 2. The summed E-state index contributed by atoms with van der Waals surface area (Å²) in [4.78, 5) is 24.5.